The van der Waals surface area contributed by atoms with Crippen LogP contribution in [0.4, 0.5) is 5.69 Å². The van der Waals surface area contributed by atoms with E-state index in [2.05, 4.69) is 10.0 Å². The minimum Gasteiger partial charge on any atom is -0.385 e. The molecule has 0 aliphatic rings. The van der Waals surface area contributed by atoms with Gasteiger partial charge in [-0.25, -0.2) is 13.1 Å². The third-order valence-corrected chi connectivity index (χ3v) is 6.16. The largest absolute Gasteiger partial charge is 0.385 e. The van der Waals surface area contributed by atoms with Crippen LogP contribution < -0.4 is 10.0 Å². The number of sulfonamides is 1. The molecular formula is C25H26N2O4S. The number of ether oxygens (including phenoxy) is 1. The van der Waals surface area contributed by atoms with Gasteiger partial charge >= 0.3 is 0 Å². The van der Waals surface area contributed by atoms with Gasteiger partial charge in [0, 0.05) is 31.5 Å². The molecule has 0 unspecified atom stereocenters. The third-order valence-electron chi connectivity index (χ3n) is 4.68. The Labute approximate surface area is 189 Å². The molecule has 0 spiro atoms. The van der Waals surface area contributed by atoms with Crippen molar-refractivity contribution in [1.29, 1.82) is 0 Å². The van der Waals surface area contributed by atoms with Crippen LogP contribution in [-0.2, 0) is 19.6 Å². The zero-order valence-electron chi connectivity index (χ0n) is 17.8. The Morgan fingerprint density at radius 1 is 0.906 bits per heavy atom. The number of carbonyl (C=O) groups is 1. The van der Waals surface area contributed by atoms with Crippen LogP contribution in [0, 0.1) is 0 Å². The van der Waals surface area contributed by atoms with Gasteiger partial charge in [0.15, 0.2) is 0 Å². The molecule has 0 bridgehead atoms. The van der Waals surface area contributed by atoms with Crippen molar-refractivity contribution in [3.05, 3.63) is 96.1 Å². The molecule has 3 aromatic carbocycles. The van der Waals surface area contributed by atoms with Gasteiger partial charge in [0.25, 0.3) is 5.91 Å². The van der Waals surface area contributed by atoms with Crippen LogP contribution in [0.5, 0.6) is 0 Å². The van der Waals surface area contributed by atoms with Crippen LogP contribution in [0.1, 0.15) is 17.5 Å². The van der Waals surface area contributed by atoms with Crippen LogP contribution in [0.15, 0.2) is 89.8 Å². The van der Waals surface area contributed by atoms with E-state index in [1.54, 1.807) is 19.2 Å². The topological polar surface area (TPSA) is 84.5 Å². The van der Waals surface area contributed by atoms with E-state index in [4.69, 9.17) is 4.74 Å². The summed E-state index contributed by atoms with van der Waals surface area (Å²) in [4.78, 5) is 13.2. The molecule has 0 aliphatic carbocycles. The predicted molar refractivity (Wildman–Crippen MR) is 128 cm³/mol. The highest BCUT2D eigenvalue weighted by atomic mass is 32.2. The molecule has 7 heteroatoms. The van der Waals surface area contributed by atoms with Gasteiger partial charge in [-0.15, -0.1) is 0 Å². The smallest absolute Gasteiger partial charge is 0.256 e. The van der Waals surface area contributed by atoms with Crippen molar-refractivity contribution in [2.75, 3.05) is 25.6 Å². The summed E-state index contributed by atoms with van der Waals surface area (Å²) in [7, 11) is -2.05. The fourth-order valence-corrected chi connectivity index (χ4v) is 4.11. The highest BCUT2D eigenvalue weighted by Gasteiger charge is 2.15. The maximum atomic E-state index is 13.1. The lowest BCUT2D eigenvalue weighted by Gasteiger charge is -2.11. The molecule has 0 heterocycles. The summed E-state index contributed by atoms with van der Waals surface area (Å²) in [6.45, 7) is 0.771. The lowest BCUT2D eigenvalue weighted by Crippen LogP contribution is -2.25. The second-order valence-corrected chi connectivity index (χ2v) is 8.82. The van der Waals surface area contributed by atoms with E-state index in [1.807, 2.05) is 66.7 Å². The monoisotopic (exact) mass is 450 g/mol. The predicted octanol–water partition coefficient (Wildman–Crippen LogP) is 4.18. The van der Waals surface area contributed by atoms with Crippen molar-refractivity contribution in [3.8, 4) is 0 Å². The van der Waals surface area contributed by atoms with Crippen LogP contribution in [0.3, 0.4) is 0 Å². The van der Waals surface area contributed by atoms with Crippen LogP contribution in [0.2, 0.25) is 0 Å². The van der Waals surface area contributed by atoms with Gasteiger partial charge in [-0.2, -0.15) is 0 Å². The third kappa shape index (κ3) is 6.62. The van der Waals surface area contributed by atoms with Crippen LogP contribution in [-0.4, -0.2) is 34.6 Å². The fourth-order valence-electron chi connectivity index (χ4n) is 3.04. The van der Waals surface area contributed by atoms with Gasteiger partial charge in [0.2, 0.25) is 10.0 Å². The number of hydrogen-bond acceptors (Lipinski definition) is 4. The number of nitrogens with one attached hydrogen (secondary N) is 2. The zero-order valence-corrected chi connectivity index (χ0v) is 18.6. The Morgan fingerprint density at radius 3 is 2.16 bits per heavy atom. The Balaban J connectivity index is 1.76. The maximum absolute atomic E-state index is 13.1. The Hall–Kier alpha value is -3.26. The van der Waals surface area contributed by atoms with Gasteiger partial charge in [0.05, 0.1) is 4.90 Å². The summed E-state index contributed by atoms with van der Waals surface area (Å²) in [5.74, 6) is -0.284. The summed E-state index contributed by atoms with van der Waals surface area (Å²) >= 11 is 0. The van der Waals surface area contributed by atoms with Gasteiger partial charge < -0.3 is 10.1 Å². The molecular weight excluding hydrogens is 424 g/mol. The highest BCUT2D eigenvalue weighted by molar-refractivity contribution is 7.89. The second-order valence-electron chi connectivity index (χ2n) is 7.06. The van der Waals surface area contributed by atoms with E-state index >= 15 is 0 Å². The minimum atomic E-state index is -3.62. The van der Waals surface area contributed by atoms with E-state index in [1.165, 1.54) is 12.1 Å². The van der Waals surface area contributed by atoms with Crippen molar-refractivity contribution in [2.45, 2.75) is 11.3 Å². The number of carbonyl (C=O) groups excluding carboxylic acids is 1. The number of methoxy groups -OCH3 is 1. The van der Waals surface area contributed by atoms with E-state index in [0.717, 1.165) is 11.1 Å². The Morgan fingerprint density at radius 2 is 1.53 bits per heavy atom. The lowest BCUT2D eigenvalue weighted by molar-refractivity contribution is -0.111. The molecule has 0 saturated heterocycles. The molecule has 0 aliphatic heterocycles. The normalized spacial score (nSPS) is 11.8. The van der Waals surface area contributed by atoms with E-state index in [0.29, 0.717) is 30.8 Å². The van der Waals surface area contributed by atoms with Gasteiger partial charge in [-0.3, -0.25) is 4.79 Å². The first-order valence-electron chi connectivity index (χ1n) is 10.2. The summed E-state index contributed by atoms with van der Waals surface area (Å²) < 4.78 is 32.2. The second kappa shape index (κ2) is 11.4. The van der Waals surface area contributed by atoms with Crippen molar-refractivity contribution >= 4 is 33.3 Å². The minimum absolute atomic E-state index is 0.135. The first-order valence-corrected chi connectivity index (χ1v) is 11.7. The number of anilines is 1. The molecule has 0 fully saturated rings. The van der Waals surface area contributed by atoms with Crippen molar-refractivity contribution in [1.82, 2.24) is 4.72 Å². The zero-order chi connectivity index (χ0) is 22.8. The van der Waals surface area contributed by atoms with Gasteiger partial charge in [-0.05, 0) is 47.9 Å². The highest BCUT2D eigenvalue weighted by Crippen LogP contribution is 2.21. The number of rotatable bonds is 10. The molecule has 3 rings (SSSR count). The number of benzene rings is 3. The summed E-state index contributed by atoms with van der Waals surface area (Å²) in [5.41, 5.74) is 2.70. The molecule has 0 radical (unpaired) electrons. The molecule has 1 amide bonds. The number of amides is 1. The maximum Gasteiger partial charge on any atom is 0.256 e. The van der Waals surface area contributed by atoms with E-state index in [9.17, 15) is 13.2 Å². The molecule has 6 nitrogen and oxygen atoms in total. The van der Waals surface area contributed by atoms with E-state index in [-0.39, 0.29) is 10.8 Å². The molecule has 3 aromatic rings. The molecule has 0 aromatic heterocycles. The van der Waals surface area contributed by atoms with Crippen LogP contribution in [0.25, 0.3) is 11.6 Å². The quantitative estimate of drug-likeness (QED) is 0.276. The SMILES string of the molecule is COCCCNS(=O)(=O)c1ccc(NC(=O)C(=Cc2ccccc2)c2ccccc2)cc1. The summed E-state index contributed by atoms with van der Waals surface area (Å²) in [5, 5.41) is 2.86. The average molecular weight is 451 g/mol. The van der Waals surface area contributed by atoms with Crippen LogP contribution >= 0.6 is 0 Å². The fraction of sp³-hybridized carbons (Fsp3) is 0.160. The van der Waals surface area contributed by atoms with Crippen molar-refractivity contribution in [3.63, 3.8) is 0 Å². The summed E-state index contributed by atoms with van der Waals surface area (Å²) in [6, 6.07) is 25.1. The molecule has 2 N–H and O–H groups in total. The Bertz CT molecular complexity index is 1140. The van der Waals surface area contributed by atoms with Gasteiger partial charge in [-0.1, -0.05) is 60.7 Å². The van der Waals surface area contributed by atoms with Gasteiger partial charge in [0.1, 0.15) is 0 Å². The molecule has 0 saturated carbocycles. The van der Waals surface area contributed by atoms with Crippen molar-refractivity contribution in [2.24, 2.45) is 0 Å². The first kappa shape index (κ1) is 23.4. The molecule has 166 valence electrons. The molecule has 0 atom stereocenters. The number of hydrogen-bond donors (Lipinski definition) is 2. The Kier molecular flexibility index (Phi) is 8.33. The van der Waals surface area contributed by atoms with Crippen molar-refractivity contribution < 1.29 is 17.9 Å². The summed E-state index contributed by atoms with van der Waals surface area (Å²) in [6.07, 6.45) is 2.41. The average Bonchev–Trinajstić information content (AvgIpc) is 2.82. The lowest BCUT2D eigenvalue weighted by atomic mass is 10.0. The standard InChI is InChI=1S/C25H26N2O4S/c1-31-18-8-17-26-32(29,30)23-15-13-22(14-16-23)27-25(28)24(21-11-6-3-7-12-21)19-20-9-4-2-5-10-20/h2-7,9-16,19,26H,8,17-18H2,1H3,(H,27,28). The first-order chi connectivity index (χ1) is 15.5. The molecule has 32 heavy (non-hydrogen) atoms. The van der Waals surface area contributed by atoms with E-state index < -0.39 is 10.0 Å².